The molecule has 2 aliphatic carbocycles. The number of ether oxygens (including phenoxy) is 1. The number of hydrogen-bond donors (Lipinski definition) is 1. The van der Waals surface area contributed by atoms with Crippen LogP contribution < -0.4 is 5.32 Å². The Hall–Kier alpha value is -1.39. The lowest BCUT2D eigenvalue weighted by Gasteiger charge is -2.42. The lowest BCUT2D eigenvalue weighted by Crippen LogP contribution is -2.50. The molecule has 4 rings (SSSR count). The van der Waals surface area contributed by atoms with E-state index in [1.54, 1.807) is 0 Å². The third-order valence-electron chi connectivity index (χ3n) is 6.43. The van der Waals surface area contributed by atoms with Gasteiger partial charge < -0.3 is 10.1 Å². The number of aryl methyl sites for hydroxylation is 1. The van der Waals surface area contributed by atoms with Crippen molar-refractivity contribution in [2.24, 2.45) is 11.3 Å². The number of nitrogens with one attached hydrogen (secondary N) is 1. The highest BCUT2D eigenvalue weighted by Gasteiger charge is 2.54. The fourth-order valence-electron chi connectivity index (χ4n) is 4.60. The van der Waals surface area contributed by atoms with Crippen LogP contribution in [0.5, 0.6) is 0 Å². The third-order valence-corrected chi connectivity index (χ3v) is 6.43. The fourth-order valence-corrected chi connectivity index (χ4v) is 4.60. The zero-order chi connectivity index (χ0) is 17.3. The van der Waals surface area contributed by atoms with Gasteiger partial charge in [0, 0.05) is 19.6 Å². The van der Waals surface area contributed by atoms with Gasteiger partial charge in [0.05, 0.1) is 24.7 Å². The van der Waals surface area contributed by atoms with Crippen LogP contribution in [0.2, 0.25) is 0 Å². The summed E-state index contributed by atoms with van der Waals surface area (Å²) in [4.78, 5) is 15.4. The lowest BCUT2D eigenvalue weighted by atomic mass is 9.64. The maximum Gasteiger partial charge on any atom is 0.226 e. The number of nitrogens with zero attached hydrogens (tertiary/aromatic N) is 1. The van der Waals surface area contributed by atoms with Gasteiger partial charge in [0.2, 0.25) is 5.91 Å². The Morgan fingerprint density at radius 1 is 1.32 bits per heavy atom. The molecule has 1 heterocycles. The Morgan fingerprint density at radius 3 is 2.68 bits per heavy atom. The summed E-state index contributed by atoms with van der Waals surface area (Å²) in [7, 11) is 0. The first-order valence-electron chi connectivity index (χ1n) is 9.86. The van der Waals surface area contributed by atoms with E-state index in [1.807, 2.05) is 0 Å². The van der Waals surface area contributed by atoms with E-state index in [-0.39, 0.29) is 11.5 Å². The van der Waals surface area contributed by atoms with Crippen molar-refractivity contribution >= 4 is 5.91 Å². The van der Waals surface area contributed by atoms with Crippen molar-refractivity contribution < 1.29 is 9.53 Å². The molecular weight excluding hydrogens is 312 g/mol. The average Bonchev–Trinajstić information content (AvgIpc) is 3.40. The summed E-state index contributed by atoms with van der Waals surface area (Å²) in [5.74, 6) is 0.967. The minimum atomic E-state index is -0.0256. The van der Waals surface area contributed by atoms with E-state index < -0.39 is 0 Å². The molecule has 0 aromatic heterocycles. The van der Waals surface area contributed by atoms with Gasteiger partial charge in [-0.25, -0.2) is 0 Å². The van der Waals surface area contributed by atoms with Crippen molar-refractivity contribution in [1.29, 1.82) is 0 Å². The second-order valence-corrected chi connectivity index (χ2v) is 8.07. The summed E-state index contributed by atoms with van der Waals surface area (Å²) >= 11 is 0. The molecule has 0 bridgehead atoms. The van der Waals surface area contributed by atoms with Gasteiger partial charge in [0.25, 0.3) is 0 Å². The maximum atomic E-state index is 13.0. The van der Waals surface area contributed by atoms with Gasteiger partial charge >= 0.3 is 0 Å². The van der Waals surface area contributed by atoms with Gasteiger partial charge in [0.15, 0.2) is 0 Å². The maximum absolute atomic E-state index is 13.0. The highest BCUT2D eigenvalue weighted by molar-refractivity contribution is 5.84. The van der Waals surface area contributed by atoms with Crippen LogP contribution in [0, 0.1) is 18.3 Å². The van der Waals surface area contributed by atoms with Gasteiger partial charge in [-0.05, 0) is 44.1 Å². The molecule has 1 aromatic rings. The normalized spacial score (nSPS) is 24.4. The van der Waals surface area contributed by atoms with Crippen LogP contribution in [0.3, 0.4) is 0 Å². The minimum absolute atomic E-state index is 0.0256. The Bertz CT molecular complexity index is 616. The zero-order valence-corrected chi connectivity index (χ0v) is 15.3. The summed E-state index contributed by atoms with van der Waals surface area (Å²) in [5.41, 5.74) is 2.55. The molecule has 3 fully saturated rings. The predicted octanol–water partition coefficient (Wildman–Crippen LogP) is 3.06. The van der Waals surface area contributed by atoms with Crippen molar-refractivity contribution in [2.75, 3.05) is 32.8 Å². The third kappa shape index (κ3) is 3.47. The second kappa shape index (κ2) is 7.08. The van der Waals surface area contributed by atoms with E-state index in [9.17, 15) is 4.79 Å². The molecule has 3 aliphatic rings. The van der Waals surface area contributed by atoms with E-state index in [1.165, 1.54) is 30.4 Å². The molecule has 1 atom stereocenters. The topological polar surface area (TPSA) is 41.6 Å². The number of morpholine rings is 1. The monoisotopic (exact) mass is 342 g/mol. The lowest BCUT2D eigenvalue weighted by molar-refractivity contribution is -0.138. The summed E-state index contributed by atoms with van der Waals surface area (Å²) in [5, 5.41) is 3.34. The number of amides is 1. The van der Waals surface area contributed by atoms with Gasteiger partial charge in [0.1, 0.15) is 0 Å². The Morgan fingerprint density at radius 2 is 2.08 bits per heavy atom. The molecule has 2 saturated carbocycles. The van der Waals surface area contributed by atoms with Crippen molar-refractivity contribution in [3.8, 4) is 0 Å². The highest BCUT2D eigenvalue weighted by atomic mass is 16.5. The second-order valence-electron chi connectivity index (χ2n) is 8.07. The fraction of sp³-hybridized carbons (Fsp3) is 0.667. The number of hydrogen-bond acceptors (Lipinski definition) is 3. The first kappa shape index (κ1) is 17.0. The quantitative estimate of drug-likeness (QED) is 0.864. The van der Waals surface area contributed by atoms with E-state index in [0.29, 0.717) is 18.4 Å². The van der Waals surface area contributed by atoms with E-state index in [4.69, 9.17) is 4.74 Å². The van der Waals surface area contributed by atoms with Gasteiger partial charge in [-0.3, -0.25) is 9.69 Å². The molecule has 1 saturated heterocycles. The molecule has 1 N–H and O–H groups in total. The molecule has 4 heteroatoms. The summed E-state index contributed by atoms with van der Waals surface area (Å²) < 4.78 is 5.53. The van der Waals surface area contributed by atoms with Gasteiger partial charge in [-0.1, -0.05) is 36.2 Å². The van der Waals surface area contributed by atoms with Crippen LogP contribution in [0.4, 0.5) is 0 Å². The Labute approximate surface area is 150 Å². The zero-order valence-electron chi connectivity index (χ0n) is 15.3. The first-order valence-corrected chi connectivity index (χ1v) is 9.86. The van der Waals surface area contributed by atoms with Crippen LogP contribution >= 0.6 is 0 Å². The molecule has 1 aromatic carbocycles. The SMILES string of the molecule is Cc1cccc(C(CNC(=O)C2(C3CC3)CCC2)N2CCOCC2)c1. The number of carbonyl (C=O) groups is 1. The largest absolute Gasteiger partial charge is 0.379 e. The van der Waals surface area contributed by atoms with Crippen molar-refractivity contribution in [2.45, 2.75) is 45.1 Å². The smallest absolute Gasteiger partial charge is 0.226 e. The van der Waals surface area contributed by atoms with Crippen molar-refractivity contribution in [3.05, 3.63) is 35.4 Å². The minimum Gasteiger partial charge on any atom is -0.379 e. The average molecular weight is 342 g/mol. The van der Waals surface area contributed by atoms with Gasteiger partial charge in [-0.2, -0.15) is 0 Å². The van der Waals surface area contributed by atoms with E-state index >= 15 is 0 Å². The number of carbonyl (C=O) groups excluding carboxylic acids is 1. The molecule has 1 amide bonds. The molecule has 4 nitrogen and oxygen atoms in total. The first-order chi connectivity index (χ1) is 12.2. The summed E-state index contributed by atoms with van der Waals surface area (Å²) in [6, 6.07) is 8.95. The van der Waals surface area contributed by atoms with Crippen LogP contribution in [-0.4, -0.2) is 43.7 Å². The van der Waals surface area contributed by atoms with Crippen LogP contribution in [-0.2, 0) is 9.53 Å². The molecule has 0 radical (unpaired) electrons. The molecule has 1 aliphatic heterocycles. The van der Waals surface area contributed by atoms with Crippen LogP contribution in [0.1, 0.15) is 49.3 Å². The van der Waals surface area contributed by atoms with Crippen molar-refractivity contribution in [3.63, 3.8) is 0 Å². The number of benzene rings is 1. The van der Waals surface area contributed by atoms with E-state index in [2.05, 4.69) is 41.4 Å². The van der Waals surface area contributed by atoms with Crippen molar-refractivity contribution in [1.82, 2.24) is 10.2 Å². The molecule has 1 unspecified atom stereocenters. The Kier molecular flexibility index (Phi) is 4.83. The molecule has 25 heavy (non-hydrogen) atoms. The Balaban J connectivity index is 1.47. The standard InChI is InChI=1S/C21H30N2O2/c1-16-4-2-5-17(14-16)19(23-10-12-25-13-11-23)15-22-20(24)21(8-3-9-21)18-6-7-18/h2,4-5,14,18-19H,3,6-13,15H2,1H3,(H,22,24). The number of rotatable bonds is 6. The molecule has 0 spiro atoms. The predicted molar refractivity (Wildman–Crippen MR) is 98.3 cm³/mol. The molecular formula is C21H30N2O2. The summed E-state index contributed by atoms with van der Waals surface area (Å²) in [6.45, 7) is 6.26. The summed E-state index contributed by atoms with van der Waals surface area (Å²) in [6.07, 6.45) is 5.90. The van der Waals surface area contributed by atoms with Gasteiger partial charge in [-0.15, -0.1) is 0 Å². The van der Waals surface area contributed by atoms with E-state index in [0.717, 1.165) is 39.1 Å². The van der Waals surface area contributed by atoms with Crippen LogP contribution in [0.15, 0.2) is 24.3 Å². The highest BCUT2D eigenvalue weighted by Crippen LogP contribution is 2.57. The molecule has 136 valence electrons. The van der Waals surface area contributed by atoms with Crippen LogP contribution in [0.25, 0.3) is 0 Å².